The number of rotatable bonds is 4. The van der Waals surface area contributed by atoms with Gasteiger partial charge < -0.3 is 5.73 Å². The summed E-state index contributed by atoms with van der Waals surface area (Å²) in [6, 6.07) is 14.6. The number of thioether (sulfide) groups is 1. The first-order valence-electron chi connectivity index (χ1n) is 6.48. The lowest BCUT2D eigenvalue weighted by Gasteiger charge is -2.05. The first-order valence-corrected chi connectivity index (χ1v) is 7.47. The van der Waals surface area contributed by atoms with Crippen LogP contribution < -0.4 is 5.73 Å². The summed E-state index contributed by atoms with van der Waals surface area (Å²) in [5, 5.41) is 4.19. The number of nitrogen functional groups attached to an aromatic ring is 1. The smallest absolute Gasteiger partial charge is 0.126 e. The predicted octanol–water partition coefficient (Wildman–Crippen LogP) is 3.89. The summed E-state index contributed by atoms with van der Waals surface area (Å²) in [5.74, 6) is 0.467. The second kappa shape index (κ2) is 6.01. The number of aromatic nitrogens is 2. The van der Waals surface area contributed by atoms with Gasteiger partial charge in [0.25, 0.3) is 0 Å². The molecule has 0 aliphatic carbocycles. The Hall–Kier alpha value is -2.27. The number of nitrogens with zero attached hydrogens (tertiary/aromatic N) is 2. The van der Waals surface area contributed by atoms with Gasteiger partial charge in [0, 0.05) is 28.7 Å². The van der Waals surface area contributed by atoms with Crippen molar-refractivity contribution in [3.05, 3.63) is 72.3 Å². The molecular formula is C16H14FN3S. The van der Waals surface area contributed by atoms with E-state index < -0.39 is 0 Å². The number of benzene rings is 2. The van der Waals surface area contributed by atoms with Crippen molar-refractivity contribution >= 4 is 17.4 Å². The minimum Gasteiger partial charge on any atom is -0.399 e. The van der Waals surface area contributed by atoms with E-state index in [0.29, 0.717) is 5.69 Å². The maximum atomic E-state index is 13.3. The van der Waals surface area contributed by atoms with Crippen LogP contribution in [0.3, 0.4) is 0 Å². The van der Waals surface area contributed by atoms with Crippen molar-refractivity contribution in [2.24, 2.45) is 0 Å². The lowest BCUT2D eigenvalue weighted by Crippen LogP contribution is -1.94. The predicted molar refractivity (Wildman–Crippen MR) is 83.9 cm³/mol. The molecule has 0 saturated heterocycles. The molecule has 0 spiro atoms. The molecule has 1 aromatic heterocycles. The zero-order valence-corrected chi connectivity index (χ0v) is 12.1. The Morgan fingerprint density at radius 1 is 1.14 bits per heavy atom. The Balaban J connectivity index is 1.68. The fourth-order valence-corrected chi connectivity index (χ4v) is 2.94. The quantitative estimate of drug-likeness (QED) is 0.587. The first-order chi connectivity index (χ1) is 10.2. The third-order valence-electron chi connectivity index (χ3n) is 3.00. The summed E-state index contributed by atoms with van der Waals surface area (Å²) >= 11 is 1.56. The molecule has 2 N–H and O–H groups in total. The molecule has 21 heavy (non-hydrogen) atoms. The highest BCUT2D eigenvalue weighted by atomic mass is 32.2. The number of anilines is 1. The largest absolute Gasteiger partial charge is 0.399 e. The van der Waals surface area contributed by atoms with Crippen LogP contribution in [0.4, 0.5) is 10.1 Å². The molecule has 0 fully saturated rings. The fraction of sp³-hybridized carbons (Fsp3) is 0.0625. The number of halogens is 1. The Morgan fingerprint density at radius 3 is 2.62 bits per heavy atom. The van der Waals surface area contributed by atoms with E-state index in [9.17, 15) is 4.39 Å². The minimum absolute atomic E-state index is 0.300. The highest BCUT2D eigenvalue weighted by molar-refractivity contribution is 7.98. The second-order valence-corrected chi connectivity index (χ2v) is 5.67. The van der Waals surface area contributed by atoms with Crippen LogP contribution in [-0.2, 0) is 5.75 Å². The zero-order chi connectivity index (χ0) is 14.7. The lowest BCUT2D eigenvalue weighted by molar-refractivity contribution is 0.625. The molecule has 0 radical (unpaired) electrons. The van der Waals surface area contributed by atoms with Crippen molar-refractivity contribution in [1.29, 1.82) is 0 Å². The third kappa shape index (κ3) is 3.44. The average Bonchev–Trinajstić information content (AvgIpc) is 2.99. The molecular weight excluding hydrogens is 285 g/mol. The fourth-order valence-electron chi connectivity index (χ4n) is 2.00. The molecule has 0 unspecified atom stereocenters. The molecule has 3 rings (SSSR count). The van der Waals surface area contributed by atoms with Gasteiger partial charge in [0.1, 0.15) is 5.82 Å². The van der Waals surface area contributed by atoms with Gasteiger partial charge in [0.2, 0.25) is 0 Å². The second-order valence-electron chi connectivity index (χ2n) is 4.63. The zero-order valence-electron chi connectivity index (χ0n) is 11.2. The molecule has 0 atom stereocenters. The summed E-state index contributed by atoms with van der Waals surface area (Å²) in [7, 11) is 0. The van der Waals surface area contributed by atoms with Crippen LogP contribution in [-0.4, -0.2) is 9.78 Å². The van der Waals surface area contributed by atoms with Crippen molar-refractivity contribution < 1.29 is 4.39 Å². The van der Waals surface area contributed by atoms with Gasteiger partial charge in [-0.2, -0.15) is 5.10 Å². The number of hydrogen-bond acceptors (Lipinski definition) is 3. The molecule has 0 saturated carbocycles. The van der Waals surface area contributed by atoms with Gasteiger partial charge in [-0.1, -0.05) is 12.1 Å². The normalized spacial score (nSPS) is 10.7. The Labute approximate surface area is 126 Å². The van der Waals surface area contributed by atoms with Gasteiger partial charge in [-0.15, -0.1) is 11.8 Å². The molecule has 1 heterocycles. The molecule has 5 heteroatoms. The summed E-state index contributed by atoms with van der Waals surface area (Å²) in [5.41, 5.74) is 8.27. The van der Waals surface area contributed by atoms with Crippen LogP contribution in [0.1, 0.15) is 5.56 Å². The van der Waals surface area contributed by atoms with Crippen LogP contribution in [0.25, 0.3) is 5.69 Å². The molecule has 106 valence electrons. The molecule has 3 aromatic rings. The van der Waals surface area contributed by atoms with Crippen molar-refractivity contribution in [3.63, 3.8) is 0 Å². The van der Waals surface area contributed by atoms with E-state index in [-0.39, 0.29) is 5.82 Å². The van der Waals surface area contributed by atoms with E-state index in [2.05, 4.69) is 5.10 Å². The van der Waals surface area contributed by atoms with E-state index >= 15 is 0 Å². The molecule has 3 nitrogen and oxygen atoms in total. The van der Waals surface area contributed by atoms with Crippen molar-refractivity contribution in [3.8, 4) is 5.69 Å². The minimum atomic E-state index is -0.300. The van der Waals surface area contributed by atoms with Gasteiger partial charge in [-0.25, -0.2) is 9.07 Å². The van der Waals surface area contributed by atoms with Gasteiger partial charge in [0.05, 0.1) is 5.69 Å². The summed E-state index contributed by atoms with van der Waals surface area (Å²) in [6.07, 6.45) is 3.65. The Morgan fingerprint density at radius 2 is 1.95 bits per heavy atom. The standard InChI is InChI=1S/C16H14FN3S/c17-13-8-14(18)10-16(9-13)21-11-12-2-4-15(5-3-12)20-7-1-6-19-20/h1-10H,11,18H2. The SMILES string of the molecule is Nc1cc(F)cc(SCc2ccc(-n3cccn3)cc2)c1. The molecule has 0 bridgehead atoms. The highest BCUT2D eigenvalue weighted by Gasteiger charge is 2.02. The molecule has 2 aromatic carbocycles. The van der Waals surface area contributed by atoms with Crippen LogP contribution in [0, 0.1) is 5.82 Å². The summed E-state index contributed by atoms with van der Waals surface area (Å²) in [4.78, 5) is 0.837. The number of nitrogens with two attached hydrogens (primary N) is 1. The van der Waals surface area contributed by atoms with Gasteiger partial charge in [-0.05, 0) is 42.0 Å². The van der Waals surface area contributed by atoms with Crippen LogP contribution >= 0.6 is 11.8 Å². The highest BCUT2D eigenvalue weighted by Crippen LogP contribution is 2.26. The third-order valence-corrected chi connectivity index (χ3v) is 4.05. The van der Waals surface area contributed by atoms with Crippen LogP contribution in [0.2, 0.25) is 0 Å². The first kappa shape index (κ1) is 13.7. The molecule has 0 aliphatic heterocycles. The average molecular weight is 299 g/mol. The monoisotopic (exact) mass is 299 g/mol. The maximum Gasteiger partial charge on any atom is 0.126 e. The topological polar surface area (TPSA) is 43.8 Å². The van der Waals surface area contributed by atoms with E-state index in [1.807, 2.05) is 41.2 Å². The van der Waals surface area contributed by atoms with Gasteiger partial charge in [-0.3, -0.25) is 0 Å². The summed E-state index contributed by atoms with van der Waals surface area (Å²) < 4.78 is 15.1. The van der Waals surface area contributed by atoms with Crippen LogP contribution in [0.15, 0.2) is 65.8 Å². The lowest BCUT2D eigenvalue weighted by atomic mass is 10.2. The van der Waals surface area contributed by atoms with Crippen molar-refractivity contribution in [2.75, 3.05) is 5.73 Å². The van der Waals surface area contributed by atoms with Crippen molar-refractivity contribution in [2.45, 2.75) is 10.6 Å². The van der Waals surface area contributed by atoms with E-state index in [1.54, 1.807) is 24.0 Å². The summed E-state index contributed by atoms with van der Waals surface area (Å²) in [6.45, 7) is 0. The van der Waals surface area contributed by atoms with Gasteiger partial charge in [0.15, 0.2) is 0 Å². The van der Waals surface area contributed by atoms with E-state index in [0.717, 1.165) is 16.3 Å². The molecule has 0 amide bonds. The van der Waals surface area contributed by atoms with Crippen molar-refractivity contribution in [1.82, 2.24) is 9.78 Å². The van der Waals surface area contributed by atoms with E-state index in [4.69, 9.17) is 5.73 Å². The molecule has 0 aliphatic rings. The van der Waals surface area contributed by atoms with Crippen LogP contribution in [0.5, 0.6) is 0 Å². The Kier molecular flexibility index (Phi) is 3.92. The maximum absolute atomic E-state index is 13.3. The van der Waals surface area contributed by atoms with Gasteiger partial charge >= 0.3 is 0 Å². The van der Waals surface area contributed by atoms with E-state index in [1.165, 1.54) is 17.7 Å². The number of hydrogen-bond donors (Lipinski definition) is 1. The Bertz CT molecular complexity index is 704.